The van der Waals surface area contributed by atoms with E-state index in [1.54, 1.807) is 12.0 Å². The molecular formula is C20H22N2O4. The van der Waals surface area contributed by atoms with Crippen LogP contribution in [0.3, 0.4) is 0 Å². The molecule has 1 aliphatic rings. The van der Waals surface area contributed by atoms with Crippen LogP contribution in [0.25, 0.3) is 0 Å². The number of hydrogen-bond acceptors (Lipinski definition) is 4. The van der Waals surface area contributed by atoms with Gasteiger partial charge in [-0.3, -0.25) is 9.69 Å². The lowest BCUT2D eigenvalue weighted by Crippen LogP contribution is -2.34. The molecule has 1 heterocycles. The Morgan fingerprint density at radius 3 is 2.62 bits per heavy atom. The number of fused-ring (bicyclic) bond motifs is 1. The van der Waals surface area contributed by atoms with Crippen molar-refractivity contribution in [1.82, 2.24) is 0 Å². The summed E-state index contributed by atoms with van der Waals surface area (Å²) < 4.78 is 10.1. The van der Waals surface area contributed by atoms with E-state index in [9.17, 15) is 9.59 Å². The van der Waals surface area contributed by atoms with E-state index in [-0.39, 0.29) is 17.9 Å². The summed E-state index contributed by atoms with van der Waals surface area (Å²) in [4.78, 5) is 26.0. The second kappa shape index (κ2) is 7.91. The van der Waals surface area contributed by atoms with E-state index < -0.39 is 0 Å². The molecule has 1 N–H and O–H groups in total. The van der Waals surface area contributed by atoms with Gasteiger partial charge in [0, 0.05) is 30.3 Å². The molecule has 0 bridgehead atoms. The maximum Gasteiger partial charge on any atom is 0.326 e. The van der Waals surface area contributed by atoms with Crippen molar-refractivity contribution in [3.63, 3.8) is 0 Å². The fraction of sp³-hybridized carbons (Fsp3) is 0.300. The molecule has 0 spiro atoms. The van der Waals surface area contributed by atoms with Crippen LogP contribution in [0.5, 0.6) is 5.75 Å². The highest BCUT2D eigenvalue weighted by atomic mass is 16.5. The average molecular weight is 354 g/mol. The van der Waals surface area contributed by atoms with Crippen LogP contribution in [0.15, 0.2) is 48.5 Å². The van der Waals surface area contributed by atoms with Crippen molar-refractivity contribution < 1.29 is 19.1 Å². The van der Waals surface area contributed by atoms with Crippen molar-refractivity contribution in [1.29, 1.82) is 0 Å². The van der Waals surface area contributed by atoms with Gasteiger partial charge in [-0.05, 0) is 42.3 Å². The quantitative estimate of drug-likeness (QED) is 0.830. The number of carbonyl (C=O) groups excluding carboxylic acids is 2. The number of para-hydroxylation sites is 1. The number of benzene rings is 2. The Morgan fingerprint density at radius 2 is 1.92 bits per heavy atom. The smallest absolute Gasteiger partial charge is 0.326 e. The molecule has 26 heavy (non-hydrogen) atoms. The van der Waals surface area contributed by atoms with Gasteiger partial charge in [-0.2, -0.15) is 0 Å². The number of anilines is 2. The molecule has 6 nitrogen and oxygen atoms in total. The van der Waals surface area contributed by atoms with Crippen molar-refractivity contribution in [3.05, 3.63) is 54.1 Å². The summed E-state index contributed by atoms with van der Waals surface area (Å²) in [6.07, 6.45) is 0.925. The first-order valence-corrected chi connectivity index (χ1v) is 8.50. The Bertz CT molecular complexity index is 792. The largest absolute Gasteiger partial charge is 0.497 e. The molecule has 2 amide bonds. The predicted octanol–water partition coefficient (Wildman–Crippen LogP) is 3.78. The number of nitrogens with zero attached hydrogens (tertiary/aromatic N) is 1. The average Bonchev–Trinajstić information content (AvgIpc) is 3.04. The van der Waals surface area contributed by atoms with Gasteiger partial charge in [0.15, 0.2) is 0 Å². The van der Waals surface area contributed by atoms with Gasteiger partial charge >= 0.3 is 12.0 Å². The summed E-state index contributed by atoms with van der Waals surface area (Å²) in [6, 6.07) is 14.8. The monoisotopic (exact) mass is 354 g/mol. The Morgan fingerprint density at radius 1 is 1.15 bits per heavy atom. The highest BCUT2D eigenvalue weighted by molar-refractivity contribution is 6.03. The molecule has 1 unspecified atom stereocenters. The number of nitrogens with one attached hydrogen (secondary N) is 1. The SMILES string of the molecule is COC(=O)CCC1CN(C(=O)Nc2ccccc2)c2ccc(OC)cc21. The summed E-state index contributed by atoms with van der Waals surface area (Å²) in [7, 11) is 2.99. The molecule has 2 aromatic rings. The van der Waals surface area contributed by atoms with Gasteiger partial charge in [0.1, 0.15) is 5.75 Å². The molecule has 3 rings (SSSR count). The van der Waals surface area contributed by atoms with E-state index in [0.717, 1.165) is 22.7 Å². The van der Waals surface area contributed by atoms with E-state index in [4.69, 9.17) is 9.47 Å². The Kier molecular flexibility index (Phi) is 5.41. The topological polar surface area (TPSA) is 67.9 Å². The van der Waals surface area contributed by atoms with Crippen LogP contribution in [0, 0.1) is 0 Å². The third-order valence-corrected chi connectivity index (χ3v) is 4.56. The summed E-state index contributed by atoms with van der Waals surface area (Å²) in [5.41, 5.74) is 2.59. The molecular weight excluding hydrogens is 332 g/mol. The molecule has 0 aliphatic carbocycles. The second-order valence-electron chi connectivity index (χ2n) is 6.14. The van der Waals surface area contributed by atoms with Crippen LogP contribution < -0.4 is 15.0 Å². The first-order chi connectivity index (χ1) is 12.6. The summed E-state index contributed by atoms with van der Waals surface area (Å²) in [5, 5.41) is 2.91. The number of methoxy groups -OCH3 is 2. The van der Waals surface area contributed by atoms with Gasteiger partial charge in [0.25, 0.3) is 0 Å². The maximum absolute atomic E-state index is 12.8. The number of rotatable bonds is 5. The molecule has 0 saturated heterocycles. The zero-order chi connectivity index (χ0) is 18.5. The first kappa shape index (κ1) is 17.8. The van der Waals surface area contributed by atoms with Gasteiger partial charge in [-0.1, -0.05) is 18.2 Å². The van der Waals surface area contributed by atoms with Crippen LogP contribution in [0.2, 0.25) is 0 Å². The molecule has 1 atom stereocenters. The molecule has 136 valence electrons. The van der Waals surface area contributed by atoms with Gasteiger partial charge < -0.3 is 14.8 Å². The van der Waals surface area contributed by atoms with Gasteiger partial charge in [-0.15, -0.1) is 0 Å². The zero-order valence-electron chi connectivity index (χ0n) is 14.9. The maximum atomic E-state index is 12.8. The Hall–Kier alpha value is -3.02. The molecule has 0 aromatic heterocycles. The lowest BCUT2D eigenvalue weighted by atomic mass is 9.96. The summed E-state index contributed by atoms with van der Waals surface area (Å²) in [5.74, 6) is 0.541. The summed E-state index contributed by atoms with van der Waals surface area (Å²) in [6.45, 7) is 0.512. The molecule has 2 aromatic carbocycles. The molecule has 6 heteroatoms. The van der Waals surface area contributed by atoms with Crippen molar-refractivity contribution in [2.45, 2.75) is 18.8 Å². The van der Waals surface area contributed by atoms with Crippen molar-refractivity contribution in [3.8, 4) is 5.75 Å². The van der Waals surface area contributed by atoms with Gasteiger partial charge in [0.05, 0.1) is 14.2 Å². The predicted molar refractivity (Wildman–Crippen MR) is 99.8 cm³/mol. The highest BCUT2D eigenvalue weighted by Crippen LogP contribution is 2.41. The number of ether oxygens (including phenoxy) is 2. The van der Waals surface area contributed by atoms with Crippen LogP contribution >= 0.6 is 0 Å². The number of hydrogen-bond donors (Lipinski definition) is 1. The number of urea groups is 1. The minimum atomic E-state index is -0.248. The third-order valence-electron chi connectivity index (χ3n) is 4.56. The standard InChI is InChI=1S/C20H22N2O4/c1-25-16-9-10-18-17(12-16)14(8-11-19(23)26-2)13-22(18)20(24)21-15-6-4-3-5-7-15/h3-7,9-10,12,14H,8,11,13H2,1-2H3,(H,21,24). The van der Waals surface area contributed by atoms with E-state index >= 15 is 0 Å². The molecule has 0 fully saturated rings. The first-order valence-electron chi connectivity index (χ1n) is 8.50. The Balaban J connectivity index is 1.81. The molecule has 1 aliphatic heterocycles. The third kappa shape index (κ3) is 3.79. The molecule has 0 saturated carbocycles. The fourth-order valence-corrected chi connectivity index (χ4v) is 3.20. The minimum Gasteiger partial charge on any atom is -0.497 e. The fourth-order valence-electron chi connectivity index (χ4n) is 3.20. The number of carbonyl (C=O) groups is 2. The minimum absolute atomic E-state index is 0.0562. The second-order valence-corrected chi connectivity index (χ2v) is 6.14. The lowest BCUT2D eigenvalue weighted by Gasteiger charge is -2.19. The number of amides is 2. The van der Waals surface area contributed by atoms with Crippen molar-refractivity contribution in [2.24, 2.45) is 0 Å². The highest BCUT2D eigenvalue weighted by Gasteiger charge is 2.33. The lowest BCUT2D eigenvalue weighted by molar-refractivity contribution is -0.140. The zero-order valence-corrected chi connectivity index (χ0v) is 14.9. The Labute approximate surface area is 152 Å². The van der Waals surface area contributed by atoms with Crippen molar-refractivity contribution >= 4 is 23.4 Å². The molecule has 0 radical (unpaired) electrons. The van der Waals surface area contributed by atoms with E-state index in [1.165, 1.54) is 7.11 Å². The van der Waals surface area contributed by atoms with E-state index in [0.29, 0.717) is 19.4 Å². The van der Waals surface area contributed by atoms with Crippen molar-refractivity contribution in [2.75, 3.05) is 31.0 Å². The van der Waals surface area contributed by atoms with Crippen LogP contribution in [-0.2, 0) is 9.53 Å². The van der Waals surface area contributed by atoms with Crippen LogP contribution in [-0.4, -0.2) is 32.8 Å². The van der Waals surface area contributed by atoms with Gasteiger partial charge in [-0.25, -0.2) is 4.79 Å². The van der Waals surface area contributed by atoms with E-state index in [1.807, 2.05) is 48.5 Å². The van der Waals surface area contributed by atoms with E-state index in [2.05, 4.69) is 5.32 Å². The van der Waals surface area contributed by atoms with Crippen LogP contribution in [0.4, 0.5) is 16.2 Å². The summed E-state index contributed by atoms with van der Waals surface area (Å²) >= 11 is 0. The van der Waals surface area contributed by atoms with Gasteiger partial charge in [0.2, 0.25) is 0 Å². The normalized spacial score (nSPS) is 15.3. The number of esters is 1. The van der Waals surface area contributed by atoms with Crippen LogP contribution in [0.1, 0.15) is 24.3 Å².